The maximum atomic E-state index is 12.3. The van der Waals surface area contributed by atoms with Gasteiger partial charge in [-0.15, -0.1) is 0 Å². The summed E-state index contributed by atoms with van der Waals surface area (Å²) in [6.45, 7) is 2.32. The van der Waals surface area contributed by atoms with Crippen LogP contribution in [0.15, 0.2) is 4.52 Å². The van der Waals surface area contributed by atoms with Crippen LogP contribution in [0.2, 0.25) is 0 Å². The Morgan fingerprint density at radius 1 is 1.27 bits per heavy atom. The minimum absolute atomic E-state index is 0.0123. The summed E-state index contributed by atoms with van der Waals surface area (Å²) >= 11 is 0. The van der Waals surface area contributed by atoms with E-state index < -0.39 is 0 Å². The quantitative estimate of drug-likeness (QED) is 0.722. The van der Waals surface area contributed by atoms with E-state index in [0.29, 0.717) is 24.7 Å². The highest BCUT2D eigenvalue weighted by atomic mass is 16.5. The SMILES string of the molecule is O=C(C1CC1)N1CCCC1c1nc(CCOCC2CC2)no1. The van der Waals surface area contributed by atoms with Gasteiger partial charge < -0.3 is 14.2 Å². The lowest BCUT2D eigenvalue weighted by Gasteiger charge is -2.21. The average molecular weight is 305 g/mol. The van der Waals surface area contributed by atoms with Gasteiger partial charge in [0.15, 0.2) is 5.82 Å². The number of hydrogen-bond donors (Lipinski definition) is 0. The fraction of sp³-hybridized carbons (Fsp3) is 0.812. The largest absolute Gasteiger partial charge is 0.381 e. The molecule has 2 heterocycles. The third-order valence-electron chi connectivity index (χ3n) is 4.75. The smallest absolute Gasteiger partial charge is 0.249 e. The number of carbonyl (C=O) groups excluding carboxylic acids is 1. The molecule has 0 bridgehead atoms. The second-order valence-corrected chi connectivity index (χ2v) is 6.78. The first kappa shape index (κ1) is 14.2. The minimum Gasteiger partial charge on any atom is -0.381 e. The third kappa shape index (κ3) is 3.16. The number of rotatable bonds is 7. The number of aromatic nitrogens is 2. The maximum Gasteiger partial charge on any atom is 0.249 e. The molecule has 0 aromatic carbocycles. The predicted molar refractivity (Wildman–Crippen MR) is 78.0 cm³/mol. The molecule has 0 N–H and O–H groups in total. The Kier molecular flexibility index (Phi) is 3.86. The van der Waals surface area contributed by atoms with Crippen LogP contribution in [-0.4, -0.2) is 40.7 Å². The zero-order valence-electron chi connectivity index (χ0n) is 12.9. The van der Waals surface area contributed by atoms with E-state index >= 15 is 0 Å². The lowest BCUT2D eigenvalue weighted by atomic mass is 10.2. The van der Waals surface area contributed by atoms with Crippen molar-refractivity contribution in [1.29, 1.82) is 0 Å². The lowest BCUT2D eigenvalue weighted by Crippen LogP contribution is -2.31. The van der Waals surface area contributed by atoms with E-state index in [4.69, 9.17) is 9.26 Å². The Hall–Kier alpha value is -1.43. The van der Waals surface area contributed by atoms with Crippen LogP contribution in [0.4, 0.5) is 0 Å². The molecule has 0 spiro atoms. The van der Waals surface area contributed by atoms with Crippen LogP contribution in [0.25, 0.3) is 0 Å². The van der Waals surface area contributed by atoms with Gasteiger partial charge in [0.25, 0.3) is 0 Å². The molecule has 6 nitrogen and oxygen atoms in total. The van der Waals surface area contributed by atoms with Crippen LogP contribution in [0.1, 0.15) is 56.3 Å². The summed E-state index contributed by atoms with van der Waals surface area (Å²) < 4.78 is 11.0. The molecule has 1 atom stereocenters. The van der Waals surface area contributed by atoms with Gasteiger partial charge in [-0.3, -0.25) is 4.79 Å². The van der Waals surface area contributed by atoms with E-state index in [1.807, 2.05) is 4.90 Å². The van der Waals surface area contributed by atoms with Crippen molar-refractivity contribution in [3.63, 3.8) is 0 Å². The number of amides is 1. The number of hydrogen-bond acceptors (Lipinski definition) is 5. The van der Waals surface area contributed by atoms with Gasteiger partial charge in [-0.25, -0.2) is 0 Å². The first-order chi connectivity index (χ1) is 10.8. The first-order valence-electron chi connectivity index (χ1n) is 8.52. The summed E-state index contributed by atoms with van der Waals surface area (Å²) in [5.74, 6) is 2.59. The monoisotopic (exact) mass is 305 g/mol. The van der Waals surface area contributed by atoms with Gasteiger partial charge in [-0.1, -0.05) is 5.16 Å². The molecule has 3 aliphatic rings. The highest BCUT2D eigenvalue weighted by molar-refractivity contribution is 5.81. The Morgan fingerprint density at radius 2 is 2.14 bits per heavy atom. The Labute approximate surface area is 130 Å². The van der Waals surface area contributed by atoms with Gasteiger partial charge in [0.1, 0.15) is 6.04 Å². The van der Waals surface area contributed by atoms with Crippen LogP contribution in [0, 0.1) is 11.8 Å². The molecular weight excluding hydrogens is 282 g/mol. The summed E-state index contributed by atoms with van der Waals surface area (Å²) in [5, 5.41) is 4.04. The van der Waals surface area contributed by atoms with Crippen molar-refractivity contribution in [3.8, 4) is 0 Å². The van der Waals surface area contributed by atoms with E-state index in [2.05, 4.69) is 10.1 Å². The molecule has 2 saturated carbocycles. The van der Waals surface area contributed by atoms with E-state index in [1.54, 1.807) is 0 Å². The summed E-state index contributed by atoms with van der Waals surface area (Å²) in [4.78, 5) is 18.7. The van der Waals surface area contributed by atoms with Gasteiger partial charge in [0.05, 0.1) is 6.61 Å². The van der Waals surface area contributed by atoms with Crippen LogP contribution in [0.3, 0.4) is 0 Å². The topological polar surface area (TPSA) is 68.5 Å². The fourth-order valence-corrected chi connectivity index (χ4v) is 3.05. The minimum atomic E-state index is -0.0123. The van der Waals surface area contributed by atoms with Crippen molar-refractivity contribution in [2.45, 2.75) is 51.0 Å². The molecule has 1 unspecified atom stereocenters. The van der Waals surface area contributed by atoms with E-state index in [-0.39, 0.29) is 17.9 Å². The molecule has 22 heavy (non-hydrogen) atoms. The summed E-state index contributed by atoms with van der Waals surface area (Å²) in [6, 6.07) is -0.0123. The van der Waals surface area contributed by atoms with Crippen LogP contribution in [0.5, 0.6) is 0 Å². The molecule has 0 radical (unpaired) electrons. The van der Waals surface area contributed by atoms with Gasteiger partial charge in [-0.05, 0) is 44.4 Å². The first-order valence-corrected chi connectivity index (χ1v) is 8.52. The van der Waals surface area contributed by atoms with E-state index in [9.17, 15) is 4.79 Å². The molecule has 1 aromatic rings. The highest BCUT2D eigenvalue weighted by Crippen LogP contribution is 2.38. The molecule has 1 saturated heterocycles. The van der Waals surface area contributed by atoms with Crippen LogP contribution >= 0.6 is 0 Å². The summed E-state index contributed by atoms with van der Waals surface area (Å²) in [7, 11) is 0. The van der Waals surface area contributed by atoms with Crippen molar-refractivity contribution in [3.05, 3.63) is 11.7 Å². The summed E-state index contributed by atoms with van der Waals surface area (Å²) in [5.41, 5.74) is 0. The molecule has 4 rings (SSSR count). The van der Waals surface area contributed by atoms with Crippen molar-refractivity contribution in [2.24, 2.45) is 11.8 Å². The van der Waals surface area contributed by atoms with E-state index in [1.165, 1.54) is 12.8 Å². The summed E-state index contributed by atoms with van der Waals surface area (Å²) in [6.07, 6.45) is 7.31. The highest BCUT2D eigenvalue weighted by Gasteiger charge is 2.40. The van der Waals surface area contributed by atoms with Gasteiger partial charge in [0, 0.05) is 25.5 Å². The molecular formula is C16H23N3O3. The lowest BCUT2D eigenvalue weighted by molar-refractivity contribution is -0.133. The fourth-order valence-electron chi connectivity index (χ4n) is 3.05. The van der Waals surface area contributed by atoms with Gasteiger partial charge in [0.2, 0.25) is 11.8 Å². The van der Waals surface area contributed by atoms with Crippen molar-refractivity contribution >= 4 is 5.91 Å². The number of carbonyl (C=O) groups is 1. The molecule has 1 aliphatic heterocycles. The van der Waals surface area contributed by atoms with Crippen LogP contribution < -0.4 is 0 Å². The second kappa shape index (κ2) is 5.99. The molecule has 2 aliphatic carbocycles. The molecule has 120 valence electrons. The number of nitrogens with zero attached hydrogens (tertiary/aromatic N) is 3. The second-order valence-electron chi connectivity index (χ2n) is 6.78. The van der Waals surface area contributed by atoms with Gasteiger partial charge in [-0.2, -0.15) is 4.98 Å². The van der Waals surface area contributed by atoms with Crippen molar-refractivity contribution in [1.82, 2.24) is 15.0 Å². The normalized spacial score (nSPS) is 24.9. The molecule has 1 aromatic heterocycles. The Bertz CT molecular complexity index is 536. The molecule has 6 heteroatoms. The van der Waals surface area contributed by atoms with Crippen LogP contribution in [-0.2, 0) is 16.0 Å². The third-order valence-corrected chi connectivity index (χ3v) is 4.75. The van der Waals surface area contributed by atoms with E-state index in [0.717, 1.165) is 44.8 Å². The maximum absolute atomic E-state index is 12.3. The standard InChI is InChI=1S/C16H23N3O3/c20-16(12-5-6-12)19-8-1-2-13(19)15-17-14(18-22-15)7-9-21-10-11-3-4-11/h11-13H,1-10H2. The zero-order chi connectivity index (χ0) is 14.9. The average Bonchev–Trinajstić information content (AvgIpc) is 3.44. The zero-order valence-corrected chi connectivity index (χ0v) is 12.9. The Morgan fingerprint density at radius 3 is 2.91 bits per heavy atom. The Balaban J connectivity index is 1.32. The molecule has 1 amide bonds. The number of likely N-dealkylation sites (tertiary alicyclic amines) is 1. The van der Waals surface area contributed by atoms with Crippen molar-refractivity contribution in [2.75, 3.05) is 19.8 Å². The van der Waals surface area contributed by atoms with Crippen molar-refractivity contribution < 1.29 is 14.1 Å². The molecule has 3 fully saturated rings. The van der Waals surface area contributed by atoms with Gasteiger partial charge >= 0.3 is 0 Å². The number of ether oxygens (including phenoxy) is 1. The predicted octanol–water partition coefficient (Wildman–Crippen LogP) is 2.11.